The summed E-state index contributed by atoms with van der Waals surface area (Å²) in [6.45, 7) is 7.96. The van der Waals surface area contributed by atoms with E-state index < -0.39 is 0 Å². The second kappa shape index (κ2) is 8.81. The van der Waals surface area contributed by atoms with E-state index in [0.29, 0.717) is 25.4 Å². The number of hydrogen-bond acceptors (Lipinski definition) is 4. The maximum Gasteiger partial charge on any atom is 0.224 e. The topological polar surface area (TPSA) is 61.6 Å². The third kappa shape index (κ3) is 4.82. The Labute approximate surface area is 150 Å². The van der Waals surface area contributed by atoms with Crippen LogP contribution in [0.25, 0.3) is 0 Å². The van der Waals surface area contributed by atoms with E-state index in [2.05, 4.69) is 21.4 Å². The minimum atomic E-state index is 0.182. The Balaban J connectivity index is 1.54. The molecule has 0 spiro atoms. The van der Waals surface area contributed by atoms with Crippen LogP contribution in [0.4, 0.5) is 0 Å². The Morgan fingerprint density at radius 3 is 2.76 bits per heavy atom. The number of aromatic nitrogens is 2. The number of imidazole rings is 1. The lowest BCUT2D eigenvalue weighted by atomic mass is 9.89. The van der Waals surface area contributed by atoms with Crippen LogP contribution >= 0.6 is 0 Å². The number of aliphatic hydroxyl groups is 1. The number of amides is 1. The Morgan fingerprint density at radius 2 is 2.04 bits per heavy atom. The molecule has 3 heterocycles. The second-order valence-corrected chi connectivity index (χ2v) is 7.60. The molecule has 2 aliphatic heterocycles. The molecule has 3 rings (SSSR count). The molecule has 1 amide bonds. The lowest BCUT2D eigenvalue weighted by Gasteiger charge is -2.38. The summed E-state index contributed by atoms with van der Waals surface area (Å²) in [7, 11) is 0. The van der Waals surface area contributed by atoms with Crippen molar-refractivity contribution in [3.63, 3.8) is 0 Å². The number of rotatable bonds is 7. The molecule has 0 aliphatic carbocycles. The Bertz CT molecular complexity index is 553. The number of carbonyl (C=O) groups is 1. The molecule has 2 unspecified atom stereocenters. The van der Waals surface area contributed by atoms with Crippen LogP contribution in [0, 0.1) is 11.8 Å². The fourth-order valence-corrected chi connectivity index (χ4v) is 4.35. The first-order valence-corrected chi connectivity index (χ1v) is 9.80. The highest BCUT2D eigenvalue weighted by atomic mass is 16.3. The first kappa shape index (κ1) is 18.4. The van der Waals surface area contributed by atoms with Gasteiger partial charge in [-0.25, -0.2) is 4.98 Å². The van der Waals surface area contributed by atoms with Crippen molar-refractivity contribution in [2.24, 2.45) is 11.8 Å². The highest BCUT2D eigenvalue weighted by Gasteiger charge is 2.31. The number of hydrogen-bond donors (Lipinski definition) is 1. The van der Waals surface area contributed by atoms with Crippen molar-refractivity contribution < 1.29 is 9.90 Å². The standard InChI is InChI=1S/C19H32N4O2/c1-2-18-20-6-10-22(18)9-5-19(25)23-13-16(11-17(14-23)15-24)12-21-7-3-4-8-21/h6,10,16-17,24H,2-5,7-9,11-15H2,1H3. The molecular weight excluding hydrogens is 316 g/mol. The van der Waals surface area contributed by atoms with E-state index in [0.717, 1.165) is 31.8 Å². The van der Waals surface area contributed by atoms with Crippen LogP contribution in [0.3, 0.4) is 0 Å². The molecule has 6 heteroatoms. The van der Waals surface area contributed by atoms with Gasteiger partial charge in [-0.15, -0.1) is 0 Å². The highest BCUT2D eigenvalue weighted by Crippen LogP contribution is 2.24. The lowest BCUT2D eigenvalue weighted by Crippen LogP contribution is -2.47. The van der Waals surface area contributed by atoms with Gasteiger partial charge in [-0.2, -0.15) is 0 Å². The van der Waals surface area contributed by atoms with Gasteiger partial charge in [0.05, 0.1) is 0 Å². The normalized spacial score (nSPS) is 24.8. The van der Waals surface area contributed by atoms with Crippen LogP contribution in [-0.2, 0) is 17.8 Å². The van der Waals surface area contributed by atoms with Crippen molar-refractivity contribution in [1.29, 1.82) is 0 Å². The van der Waals surface area contributed by atoms with Crippen LogP contribution in [0.2, 0.25) is 0 Å². The molecule has 0 aromatic carbocycles. The predicted octanol–water partition coefficient (Wildman–Crippen LogP) is 1.39. The average molecular weight is 348 g/mol. The summed E-state index contributed by atoms with van der Waals surface area (Å²) in [5.41, 5.74) is 0. The maximum absolute atomic E-state index is 12.7. The molecule has 6 nitrogen and oxygen atoms in total. The Hall–Kier alpha value is -1.40. The van der Waals surface area contributed by atoms with Crippen LogP contribution in [0.1, 0.15) is 38.4 Å². The number of piperidine rings is 1. The van der Waals surface area contributed by atoms with Crippen LogP contribution in [0.15, 0.2) is 12.4 Å². The molecule has 1 aromatic heterocycles. The Morgan fingerprint density at radius 1 is 1.28 bits per heavy atom. The Kier molecular flexibility index (Phi) is 6.48. The van der Waals surface area contributed by atoms with Crippen molar-refractivity contribution >= 4 is 5.91 Å². The molecule has 0 saturated carbocycles. The van der Waals surface area contributed by atoms with Gasteiger partial charge < -0.3 is 19.5 Å². The van der Waals surface area contributed by atoms with Crippen molar-refractivity contribution in [3.8, 4) is 0 Å². The molecule has 2 saturated heterocycles. The summed E-state index contributed by atoms with van der Waals surface area (Å²) in [5, 5.41) is 9.65. The first-order chi connectivity index (χ1) is 12.2. The van der Waals surface area contributed by atoms with E-state index in [1.165, 1.54) is 25.9 Å². The number of likely N-dealkylation sites (tertiary alicyclic amines) is 2. The number of carbonyl (C=O) groups excluding carboxylic acids is 1. The molecule has 25 heavy (non-hydrogen) atoms. The molecule has 0 bridgehead atoms. The van der Waals surface area contributed by atoms with Gasteiger partial charge in [-0.05, 0) is 44.2 Å². The molecule has 2 fully saturated rings. The van der Waals surface area contributed by atoms with Crippen molar-refractivity contribution in [2.45, 2.75) is 45.6 Å². The van der Waals surface area contributed by atoms with Gasteiger partial charge in [0.1, 0.15) is 5.82 Å². The quantitative estimate of drug-likeness (QED) is 0.809. The zero-order chi connectivity index (χ0) is 17.6. The number of aliphatic hydroxyl groups excluding tert-OH is 1. The summed E-state index contributed by atoms with van der Waals surface area (Å²) in [6, 6.07) is 0. The van der Waals surface area contributed by atoms with E-state index in [4.69, 9.17) is 0 Å². The van der Waals surface area contributed by atoms with E-state index in [-0.39, 0.29) is 18.4 Å². The summed E-state index contributed by atoms with van der Waals surface area (Å²) in [5.74, 6) is 1.96. The van der Waals surface area contributed by atoms with Gasteiger partial charge in [-0.1, -0.05) is 6.92 Å². The molecule has 2 atom stereocenters. The average Bonchev–Trinajstić information content (AvgIpc) is 3.30. The van der Waals surface area contributed by atoms with Gasteiger partial charge in [0, 0.05) is 58.0 Å². The minimum Gasteiger partial charge on any atom is -0.396 e. The van der Waals surface area contributed by atoms with Gasteiger partial charge in [0.25, 0.3) is 0 Å². The van der Waals surface area contributed by atoms with Crippen molar-refractivity contribution in [3.05, 3.63) is 18.2 Å². The van der Waals surface area contributed by atoms with Gasteiger partial charge >= 0.3 is 0 Å². The minimum absolute atomic E-state index is 0.182. The van der Waals surface area contributed by atoms with E-state index in [1.54, 1.807) is 6.20 Å². The second-order valence-electron chi connectivity index (χ2n) is 7.60. The maximum atomic E-state index is 12.7. The molecule has 1 aromatic rings. The first-order valence-electron chi connectivity index (χ1n) is 9.80. The zero-order valence-electron chi connectivity index (χ0n) is 15.4. The van der Waals surface area contributed by atoms with E-state index in [1.807, 2.05) is 11.1 Å². The van der Waals surface area contributed by atoms with Gasteiger partial charge in [-0.3, -0.25) is 4.79 Å². The largest absolute Gasteiger partial charge is 0.396 e. The molecule has 0 radical (unpaired) electrons. The summed E-state index contributed by atoms with van der Waals surface area (Å²) >= 11 is 0. The summed E-state index contributed by atoms with van der Waals surface area (Å²) in [6.07, 6.45) is 8.78. The zero-order valence-corrected chi connectivity index (χ0v) is 15.4. The third-order valence-electron chi connectivity index (χ3n) is 5.63. The monoisotopic (exact) mass is 348 g/mol. The van der Waals surface area contributed by atoms with Crippen LogP contribution < -0.4 is 0 Å². The van der Waals surface area contributed by atoms with Gasteiger partial charge in [0.15, 0.2) is 0 Å². The molecule has 2 aliphatic rings. The summed E-state index contributed by atoms with van der Waals surface area (Å²) in [4.78, 5) is 21.6. The molecular formula is C19H32N4O2. The SMILES string of the molecule is CCc1nccn1CCC(=O)N1CC(CO)CC(CN2CCCC2)C1. The predicted molar refractivity (Wildman–Crippen MR) is 97.2 cm³/mol. The smallest absolute Gasteiger partial charge is 0.224 e. The van der Waals surface area contributed by atoms with E-state index >= 15 is 0 Å². The van der Waals surface area contributed by atoms with Crippen LogP contribution in [-0.4, -0.2) is 69.7 Å². The summed E-state index contributed by atoms with van der Waals surface area (Å²) < 4.78 is 2.08. The highest BCUT2D eigenvalue weighted by molar-refractivity contribution is 5.76. The third-order valence-corrected chi connectivity index (χ3v) is 5.63. The molecule has 140 valence electrons. The van der Waals surface area contributed by atoms with Crippen molar-refractivity contribution in [1.82, 2.24) is 19.4 Å². The number of nitrogens with zero attached hydrogens (tertiary/aromatic N) is 4. The lowest BCUT2D eigenvalue weighted by molar-refractivity contribution is -0.135. The van der Waals surface area contributed by atoms with Crippen LogP contribution in [0.5, 0.6) is 0 Å². The number of aryl methyl sites for hydroxylation is 2. The fraction of sp³-hybridized carbons (Fsp3) is 0.789. The fourth-order valence-electron chi connectivity index (χ4n) is 4.35. The molecule has 1 N–H and O–H groups in total. The van der Waals surface area contributed by atoms with E-state index in [9.17, 15) is 9.90 Å². The van der Waals surface area contributed by atoms with Crippen molar-refractivity contribution in [2.75, 3.05) is 39.3 Å². The van der Waals surface area contributed by atoms with Gasteiger partial charge in [0.2, 0.25) is 5.91 Å².